The minimum absolute atomic E-state index is 0.0865. The molecule has 0 saturated carbocycles. The summed E-state index contributed by atoms with van der Waals surface area (Å²) in [5, 5.41) is 3.95. The van der Waals surface area contributed by atoms with Gasteiger partial charge in [0.1, 0.15) is 5.60 Å². The van der Waals surface area contributed by atoms with Gasteiger partial charge in [-0.15, -0.1) is 11.6 Å². The second-order valence-electron chi connectivity index (χ2n) is 7.72. The Morgan fingerprint density at radius 3 is 2.68 bits per heavy atom. The first kappa shape index (κ1) is 25.0. The van der Waals surface area contributed by atoms with Gasteiger partial charge in [-0.25, -0.2) is 0 Å². The van der Waals surface area contributed by atoms with Crippen molar-refractivity contribution in [2.24, 2.45) is 0 Å². The second-order valence-corrected chi connectivity index (χ2v) is 8.89. The minimum Gasteiger partial charge on any atom is -0.460 e. The van der Waals surface area contributed by atoms with E-state index < -0.39 is 5.60 Å². The molecule has 0 bridgehead atoms. The fourth-order valence-electron chi connectivity index (χ4n) is 3.03. The van der Waals surface area contributed by atoms with Gasteiger partial charge in [-0.3, -0.25) is 4.79 Å². The average molecular weight is 474 g/mol. The zero-order valence-electron chi connectivity index (χ0n) is 17.3. The predicted octanol–water partition coefficient (Wildman–Crippen LogP) is 3.38. The van der Waals surface area contributed by atoms with E-state index in [0.717, 1.165) is 41.4 Å². The Balaban J connectivity index is 3.13. The number of nitrogens with zero attached hydrogens (tertiary/aromatic N) is 1. The Morgan fingerprint density at radius 1 is 1.39 bits per heavy atom. The SMILES string of the molecule is Cc1ccc(N(CCCl)CCBr)cc1C(CNBC=O)CC(=O)OC(C)(C)C. The molecule has 0 heterocycles. The van der Waals surface area contributed by atoms with Crippen molar-refractivity contribution in [3.8, 4) is 0 Å². The van der Waals surface area contributed by atoms with Gasteiger partial charge in [0.15, 0.2) is 0 Å². The van der Waals surface area contributed by atoms with Crippen LogP contribution < -0.4 is 10.1 Å². The first-order valence-corrected chi connectivity index (χ1v) is 11.2. The van der Waals surface area contributed by atoms with Gasteiger partial charge in [0, 0.05) is 35.9 Å². The lowest BCUT2D eigenvalue weighted by molar-refractivity contribution is -0.155. The molecule has 0 amide bonds. The van der Waals surface area contributed by atoms with Crippen LogP contribution in [0.5, 0.6) is 0 Å². The molecule has 1 rings (SSSR count). The monoisotopic (exact) mass is 472 g/mol. The summed E-state index contributed by atoms with van der Waals surface area (Å²) in [5.74, 6) is 0.211. The molecule has 1 atom stereocenters. The molecule has 0 fully saturated rings. The van der Waals surface area contributed by atoms with Gasteiger partial charge >= 0.3 is 5.97 Å². The van der Waals surface area contributed by atoms with Gasteiger partial charge in [-0.1, -0.05) is 22.0 Å². The maximum Gasteiger partial charge on any atom is 0.306 e. The van der Waals surface area contributed by atoms with E-state index in [1.54, 1.807) is 0 Å². The van der Waals surface area contributed by atoms with E-state index in [-0.39, 0.29) is 25.7 Å². The molecule has 28 heavy (non-hydrogen) atoms. The van der Waals surface area contributed by atoms with Crippen molar-refractivity contribution in [2.75, 3.05) is 35.7 Å². The zero-order valence-corrected chi connectivity index (χ0v) is 19.6. The van der Waals surface area contributed by atoms with Crippen molar-refractivity contribution in [3.63, 3.8) is 0 Å². The van der Waals surface area contributed by atoms with Gasteiger partial charge in [-0.05, 0) is 57.5 Å². The summed E-state index contributed by atoms with van der Waals surface area (Å²) in [7, 11) is 0.255. The number of halogens is 2. The van der Waals surface area contributed by atoms with Crippen molar-refractivity contribution >= 4 is 52.8 Å². The number of esters is 1. The Labute approximate surface area is 182 Å². The van der Waals surface area contributed by atoms with Crippen molar-refractivity contribution in [2.45, 2.75) is 45.6 Å². The van der Waals surface area contributed by atoms with Crippen molar-refractivity contribution in [3.05, 3.63) is 29.3 Å². The normalized spacial score (nSPS) is 12.4. The van der Waals surface area contributed by atoms with Gasteiger partial charge in [0.25, 0.3) is 7.41 Å². The van der Waals surface area contributed by atoms with Crippen molar-refractivity contribution < 1.29 is 14.3 Å². The van der Waals surface area contributed by atoms with E-state index in [2.05, 4.69) is 44.3 Å². The fourth-order valence-corrected chi connectivity index (χ4v) is 3.66. The quantitative estimate of drug-likeness (QED) is 0.166. The number of benzene rings is 1. The van der Waals surface area contributed by atoms with Gasteiger partial charge < -0.3 is 19.7 Å². The number of carbonyl (C=O) groups is 2. The summed E-state index contributed by atoms with van der Waals surface area (Å²) in [5.41, 5.74) is 2.73. The highest BCUT2D eigenvalue weighted by Crippen LogP contribution is 2.29. The highest BCUT2D eigenvalue weighted by atomic mass is 79.9. The predicted molar refractivity (Wildman–Crippen MR) is 123 cm³/mol. The maximum absolute atomic E-state index is 12.5. The Morgan fingerprint density at radius 2 is 2.11 bits per heavy atom. The number of anilines is 1. The van der Waals surface area contributed by atoms with Crippen LogP contribution >= 0.6 is 27.5 Å². The average Bonchev–Trinajstić information content (AvgIpc) is 2.60. The molecule has 0 radical (unpaired) electrons. The van der Waals surface area contributed by atoms with Crippen LogP contribution in [0.25, 0.3) is 0 Å². The Hall–Kier alpha value is -1.05. The second kappa shape index (κ2) is 12.5. The summed E-state index contributed by atoms with van der Waals surface area (Å²) >= 11 is 9.46. The summed E-state index contributed by atoms with van der Waals surface area (Å²) in [6.45, 7) is 9.74. The highest BCUT2D eigenvalue weighted by molar-refractivity contribution is 9.09. The van der Waals surface area contributed by atoms with E-state index in [0.29, 0.717) is 12.4 Å². The molecule has 156 valence electrons. The zero-order chi connectivity index (χ0) is 21.2. The van der Waals surface area contributed by atoms with E-state index >= 15 is 0 Å². The fraction of sp³-hybridized carbons (Fsp3) is 0.600. The number of hydrogen-bond donors (Lipinski definition) is 1. The summed E-state index contributed by atoms with van der Waals surface area (Å²) < 4.78 is 5.52. The first-order valence-electron chi connectivity index (χ1n) is 9.55. The number of ether oxygens (including phenoxy) is 1. The van der Waals surface area contributed by atoms with Crippen LogP contribution in [0.3, 0.4) is 0 Å². The van der Waals surface area contributed by atoms with Crippen LogP contribution in [0.15, 0.2) is 18.2 Å². The highest BCUT2D eigenvalue weighted by Gasteiger charge is 2.23. The van der Waals surface area contributed by atoms with Crippen LogP contribution in [0.1, 0.15) is 44.2 Å². The molecule has 5 nitrogen and oxygen atoms in total. The summed E-state index contributed by atoms with van der Waals surface area (Å²) in [6.07, 6.45) is 1.08. The molecule has 0 saturated heterocycles. The molecule has 1 aromatic carbocycles. The molecule has 0 aliphatic rings. The molecule has 1 aromatic rings. The third-order valence-electron chi connectivity index (χ3n) is 4.23. The van der Waals surface area contributed by atoms with Crippen LogP contribution in [0.2, 0.25) is 0 Å². The minimum atomic E-state index is -0.526. The van der Waals surface area contributed by atoms with E-state index in [1.807, 2.05) is 27.7 Å². The Kier molecular flexibility index (Phi) is 11.2. The van der Waals surface area contributed by atoms with E-state index in [1.165, 1.54) is 0 Å². The van der Waals surface area contributed by atoms with Gasteiger partial charge in [0.2, 0.25) is 0 Å². The smallest absolute Gasteiger partial charge is 0.306 e. The lowest BCUT2D eigenvalue weighted by Gasteiger charge is -2.27. The standard InChI is InChI=1S/C20H31BBrClN2O3/c1-15-5-6-17(25(9-7-22)10-8-23)12-18(15)16(13-24-21-14-26)11-19(27)28-20(2,3)4/h5-6,12,14,16,21,24H,7-11,13H2,1-4H3. The molecular formula is C20H31BBrClN2O3. The first-order chi connectivity index (χ1) is 13.2. The van der Waals surface area contributed by atoms with E-state index in [4.69, 9.17) is 16.3 Å². The molecule has 0 spiro atoms. The number of nitrogens with one attached hydrogen (secondary N) is 1. The lowest BCUT2D eigenvalue weighted by atomic mass is 9.88. The third-order valence-corrected chi connectivity index (χ3v) is 4.75. The molecule has 0 aliphatic heterocycles. The molecule has 8 heteroatoms. The molecule has 1 N–H and O–H groups in total. The number of alkyl halides is 2. The van der Waals surface area contributed by atoms with Crippen LogP contribution in [0, 0.1) is 6.92 Å². The largest absolute Gasteiger partial charge is 0.460 e. The molecular weight excluding hydrogens is 442 g/mol. The lowest BCUT2D eigenvalue weighted by Crippen LogP contribution is -2.31. The van der Waals surface area contributed by atoms with Crippen LogP contribution in [-0.2, 0) is 14.3 Å². The van der Waals surface area contributed by atoms with Gasteiger partial charge in [-0.2, -0.15) is 0 Å². The van der Waals surface area contributed by atoms with E-state index in [9.17, 15) is 9.59 Å². The maximum atomic E-state index is 12.5. The molecule has 1 unspecified atom stereocenters. The summed E-state index contributed by atoms with van der Waals surface area (Å²) in [6, 6.07) is 6.28. The molecule has 0 aromatic heterocycles. The number of aryl methyl sites for hydroxylation is 1. The van der Waals surface area contributed by atoms with Crippen molar-refractivity contribution in [1.29, 1.82) is 0 Å². The Bertz CT molecular complexity index is 634. The van der Waals surface area contributed by atoms with Gasteiger partial charge in [0.05, 0.1) is 12.6 Å². The van der Waals surface area contributed by atoms with Crippen LogP contribution in [0.4, 0.5) is 5.69 Å². The van der Waals surface area contributed by atoms with Crippen molar-refractivity contribution in [1.82, 2.24) is 5.23 Å². The topological polar surface area (TPSA) is 58.6 Å². The summed E-state index contributed by atoms with van der Waals surface area (Å²) in [4.78, 5) is 25.4. The molecule has 0 aliphatic carbocycles. The number of carbonyl (C=O) groups excluding carboxylic acids is 2. The van der Waals surface area contributed by atoms with Crippen LogP contribution in [-0.4, -0.2) is 56.0 Å². The number of rotatable bonds is 12. The third kappa shape index (κ3) is 8.97. The number of hydrogen-bond acceptors (Lipinski definition) is 5.